The summed E-state index contributed by atoms with van der Waals surface area (Å²) in [5, 5.41) is 0. The zero-order chi connectivity index (χ0) is 15.5. The van der Waals surface area contributed by atoms with Crippen LogP contribution in [0.25, 0.3) is 11.2 Å². The van der Waals surface area contributed by atoms with E-state index in [-0.39, 0.29) is 0 Å². The summed E-state index contributed by atoms with van der Waals surface area (Å²) >= 11 is 0. The third kappa shape index (κ3) is 3.11. The first kappa shape index (κ1) is 13.6. The number of rotatable bonds is 4. The summed E-state index contributed by atoms with van der Waals surface area (Å²) < 4.78 is 0. The Morgan fingerprint density at radius 1 is 0.739 bits per heavy atom. The zero-order valence-electron chi connectivity index (χ0n) is 12.6. The Labute approximate surface area is 134 Å². The minimum Gasteiger partial charge on any atom is -0.339 e. The minimum absolute atomic E-state index is 0.720. The van der Waals surface area contributed by atoms with E-state index in [1.165, 1.54) is 11.1 Å². The molecule has 2 heterocycles. The molecule has 0 aliphatic rings. The van der Waals surface area contributed by atoms with Gasteiger partial charge in [0.25, 0.3) is 0 Å². The molecule has 0 saturated heterocycles. The molecule has 0 bridgehead atoms. The van der Waals surface area contributed by atoms with Crippen molar-refractivity contribution in [2.75, 3.05) is 0 Å². The number of hydrogen-bond acceptors (Lipinski definition) is 3. The van der Waals surface area contributed by atoms with Gasteiger partial charge in [-0.25, -0.2) is 15.0 Å². The molecule has 0 aliphatic carbocycles. The van der Waals surface area contributed by atoms with Gasteiger partial charge in [-0.1, -0.05) is 60.7 Å². The Bertz CT molecular complexity index is 874. The van der Waals surface area contributed by atoms with Crippen LogP contribution in [0.5, 0.6) is 0 Å². The van der Waals surface area contributed by atoms with Crippen molar-refractivity contribution in [1.82, 2.24) is 19.9 Å². The largest absolute Gasteiger partial charge is 0.339 e. The van der Waals surface area contributed by atoms with Crippen LogP contribution >= 0.6 is 0 Å². The van der Waals surface area contributed by atoms with E-state index >= 15 is 0 Å². The van der Waals surface area contributed by atoms with Crippen molar-refractivity contribution in [3.8, 4) is 0 Å². The smallest absolute Gasteiger partial charge is 0.181 e. The number of imidazole rings is 1. The van der Waals surface area contributed by atoms with Crippen LogP contribution in [0.4, 0.5) is 0 Å². The molecule has 4 aromatic rings. The Balaban J connectivity index is 1.59. The van der Waals surface area contributed by atoms with Gasteiger partial charge >= 0.3 is 0 Å². The highest BCUT2D eigenvalue weighted by molar-refractivity contribution is 5.69. The van der Waals surface area contributed by atoms with Gasteiger partial charge in [0.05, 0.1) is 6.20 Å². The van der Waals surface area contributed by atoms with E-state index in [9.17, 15) is 0 Å². The molecular weight excluding hydrogens is 284 g/mol. The number of benzene rings is 2. The van der Waals surface area contributed by atoms with E-state index in [1.807, 2.05) is 42.6 Å². The van der Waals surface area contributed by atoms with E-state index in [2.05, 4.69) is 44.2 Å². The van der Waals surface area contributed by atoms with Crippen LogP contribution < -0.4 is 0 Å². The average Bonchev–Trinajstić information content (AvgIpc) is 2.98. The standard InChI is InChI=1S/C19H16N4/c1-3-7-14(8-4-1)11-17-20-13-16-19(22-17)23-18(21-16)12-15-9-5-2-6-10-15/h1-10,13H,11-12H2,(H,20,21,22,23). The predicted octanol–water partition coefficient (Wildman–Crippen LogP) is 3.53. The first-order valence-electron chi connectivity index (χ1n) is 7.65. The maximum Gasteiger partial charge on any atom is 0.181 e. The normalized spacial score (nSPS) is 11.0. The van der Waals surface area contributed by atoms with Crippen LogP contribution in [-0.4, -0.2) is 19.9 Å². The van der Waals surface area contributed by atoms with Crippen molar-refractivity contribution in [3.63, 3.8) is 0 Å². The molecule has 0 unspecified atom stereocenters. The highest BCUT2D eigenvalue weighted by Crippen LogP contribution is 2.13. The molecule has 4 heteroatoms. The molecule has 112 valence electrons. The van der Waals surface area contributed by atoms with Crippen LogP contribution in [-0.2, 0) is 12.8 Å². The fourth-order valence-electron chi connectivity index (χ4n) is 2.63. The molecule has 0 spiro atoms. The molecule has 0 atom stereocenters. The maximum atomic E-state index is 4.60. The van der Waals surface area contributed by atoms with Gasteiger partial charge in [-0.15, -0.1) is 0 Å². The number of aromatic amines is 1. The Hall–Kier alpha value is -3.01. The van der Waals surface area contributed by atoms with E-state index < -0.39 is 0 Å². The molecule has 0 amide bonds. The van der Waals surface area contributed by atoms with Crippen molar-refractivity contribution in [2.24, 2.45) is 0 Å². The SMILES string of the molecule is c1ccc(Cc2ncc3[nH]c(Cc4ccccc4)nc3n2)cc1. The average molecular weight is 300 g/mol. The lowest BCUT2D eigenvalue weighted by molar-refractivity contribution is 0.983. The van der Waals surface area contributed by atoms with Crippen LogP contribution in [0.1, 0.15) is 22.8 Å². The van der Waals surface area contributed by atoms with Crippen LogP contribution in [0.2, 0.25) is 0 Å². The molecule has 4 nitrogen and oxygen atoms in total. The van der Waals surface area contributed by atoms with Gasteiger partial charge in [0.15, 0.2) is 5.65 Å². The lowest BCUT2D eigenvalue weighted by Crippen LogP contribution is -1.96. The van der Waals surface area contributed by atoms with Gasteiger partial charge in [0, 0.05) is 12.8 Å². The molecule has 0 saturated carbocycles. The quantitative estimate of drug-likeness (QED) is 0.627. The predicted molar refractivity (Wildman–Crippen MR) is 90.2 cm³/mol. The second-order valence-electron chi connectivity index (χ2n) is 5.53. The number of H-pyrrole nitrogens is 1. The molecule has 23 heavy (non-hydrogen) atoms. The molecule has 1 N–H and O–H groups in total. The van der Waals surface area contributed by atoms with E-state index in [0.717, 1.165) is 35.7 Å². The topological polar surface area (TPSA) is 54.5 Å². The number of nitrogens with zero attached hydrogens (tertiary/aromatic N) is 3. The van der Waals surface area contributed by atoms with Crippen LogP contribution in [0, 0.1) is 0 Å². The zero-order valence-corrected chi connectivity index (χ0v) is 12.6. The van der Waals surface area contributed by atoms with Gasteiger partial charge in [-0.05, 0) is 11.1 Å². The second-order valence-corrected chi connectivity index (χ2v) is 5.53. The minimum atomic E-state index is 0.720. The Morgan fingerprint density at radius 2 is 1.39 bits per heavy atom. The lowest BCUT2D eigenvalue weighted by Gasteiger charge is -1.99. The molecule has 0 radical (unpaired) electrons. The highest BCUT2D eigenvalue weighted by atomic mass is 15.0. The van der Waals surface area contributed by atoms with Crippen molar-refractivity contribution in [1.29, 1.82) is 0 Å². The number of aromatic nitrogens is 4. The van der Waals surface area contributed by atoms with Crippen molar-refractivity contribution >= 4 is 11.2 Å². The number of nitrogens with one attached hydrogen (secondary N) is 1. The number of fused-ring (bicyclic) bond motifs is 1. The molecular formula is C19H16N4. The summed E-state index contributed by atoms with van der Waals surface area (Å²) in [5.74, 6) is 1.71. The molecule has 0 aliphatic heterocycles. The van der Waals surface area contributed by atoms with E-state index in [0.29, 0.717) is 0 Å². The monoisotopic (exact) mass is 300 g/mol. The van der Waals surface area contributed by atoms with Crippen molar-refractivity contribution in [3.05, 3.63) is 89.6 Å². The molecule has 0 fully saturated rings. The molecule has 4 rings (SSSR count). The lowest BCUT2D eigenvalue weighted by atomic mass is 10.1. The molecule has 2 aromatic carbocycles. The molecule has 2 aromatic heterocycles. The fraction of sp³-hybridized carbons (Fsp3) is 0.105. The first-order chi connectivity index (χ1) is 11.4. The highest BCUT2D eigenvalue weighted by Gasteiger charge is 2.07. The summed E-state index contributed by atoms with van der Waals surface area (Å²) in [5.41, 5.74) is 4.04. The van der Waals surface area contributed by atoms with E-state index in [1.54, 1.807) is 0 Å². The Morgan fingerprint density at radius 3 is 2.09 bits per heavy atom. The third-order valence-electron chi connectivity index (χ3n) is 3.76. The summed E-state index contributed by atoms with van der Waals surface area (Å²) in [7, 11) is 0. The van der Waals surface area contributed by atoms with E-state index in [4.69, 9.17) is 0 Å². The summed E-state index contributed by atoms with van der Waals surface area (Å²) in [6.07, 6.45) is 3.31. The van der Waals surface area contributed by atoms with Crippen LogP contribution in [0.3, 0.4) is 0 Å². The summed E-state index contributed by atoms with van der Waals surface area (Å²) in [4.78, 5) is 16.9. The Kier molecular flexibility index (Phi) is 3.56. The van der Waals surface area contributed by atoms with Crippen molar-refractivity contribution < 1.29 is 0 Å². The van der Waals surface area contributed by atoms with Gasteiger partial charge in [0.2, 0.25) is 0 Å². The maximum absolute atomic E-state index is 4.60. The van der Waals surface area contributed by atoms with Gasteiger partial charge in [-0.3, -0.25) is 0 Å². The second kappa shape index (κ2) is 6.01. The van der Waals surface area contributed by atoms with Gasteiger partial charge in [0.1, 0.15) is 17.2 Å². The third-order valence-corrected chi connectivity index (χ3v) is 3.76. The van der Waals surface area contributed by atoms with Gasteiger partial charge < -0.3 is 4.98 Å². The van der Waals surface area contributed by atoms with Crippen LogP contribution in [0.15, 0.2) is 66.9 Å². The van der Waals surface area contributed by atoms with Gasteiger partial charge in [-0.2, -0.15) is 0 Å². The first-order valence-corrected chi connectivity index (χ1v) is 7.65. The summed E-state index contributed by atoms with van der Waals surface area (Å²) in [6, 6.07) is 20.5. The summed E-state index contributed by atoms with van der Waals surface area (Å²) in [6.45, 7) is 0. The fourth-order valence-corrected chi connectivity index (χ4v) is 2.63. The number of hydrogen-bond donors (Lipinski definition) is 1. The van der Waals surface area contributed by atoms with Crippen molar-refractivity contribution in [2.45, 2.75) is 12.8 Å².